The second-order valence-electron chi connectivity index (χ2n) is 6.04. The Morgan fingerprint density at radius 3 is 3.24 bits per heavy atom. The molecule has 2 saturated heterocycles. The maximum Gasteiger partial charge on any atom is 0.272 e. The lowest BCUT2D eigenvalue weighted by Gasteiger charge is -2.23. The molecule has 0 bridgehead atoms. The average molecular weight is 290 g/mol. The summed E-state index contributed by atoms with van der Waals surface area (Å²) in [4.78, 5) is 18.4. The molecule has 1 aromatic rings. The molecule has 114 valence electrons. The third-order valence-corrected chi connectivity index (χ3v) is 4.50. The number of amides is 1. The molecule has 21 heavy (non-hydrogen) atoms. The molecule has 1 aromatic heterocycles. The first kappa shape index (κ1) is 14.5. The van der Waals surface area contributed by atoms with Gasteiger partial charge in [-0.05, 0) is 37.3 Å². The monoisotopic (exact) mass is 290 g/mol. The minimum atomic E-state index is -0.136. The fourth-order valence-corrected chi connectivity index (χ4v) is 3.36. The first-order chi connectivity index (χ1) is 10.2. The van der Waals surface area contributed by atoms with Crippen LogP contribution in [0.4, 0.5) is 0 Å². The van der Waals surface area contributed by atoms with Gasteiger partial charge in [0.15, 0.2) is 0 Å². The molecular formula is C16H22N2O3. The molecule has 3 heterocycles. The summed E-state index contributed by atoms with van der Waals surface area (Å²) >= 11 is 0. The molecule has 1 amide bonds. The summed E-state index contributed by atoms with van der Waals surface area (Å²) in [5, 5.41) is 0. The third kappa shape index (κ3) is 3.09. The molecule has 2 unspecified atom stereocenters. The number of carbonyl (C=O) groups excluding carboxylic acids is 1. The van der Waals surface area contributed by atoms with Crippen LogP contribution >= 0.6 is 0 Å². The highest BCUT2D eigenvalue weighted by molar-refractivity contribution is 5.92. The summed E-state index contributed by atoms with van der Waals surface area (Å²) < 4.78 is 11.2. The summed E-state index contributed by atoms with van der Waals surface area (Å²) in [6.07, 6.45) is 4.65. The van der Waals surface area contributed by atoms with Gasteiger partial charge < -0.3 is 14.4 Å². The van der Waals surface area contributed by atoms with E-state index in [1.54, 1.807) is 19.4 Å². The maximum absolute atomic E-state index is 12.4. The van der Waals surface area contributed by atoms with Crippen LogP contribution in [0.25, 0.3) is 0 Å². The number of hydrogen-bond acceptors (Lipinski definition) is 4. The zero-order valence-electron chi connectivity index (χ0n) is 12.5. The standard InChI is InChI=1S/C16H22N2O3/c1-20-9-5-13-10-16(21-11-13)6-8-18(12-16)15(19)14-4-2-3-7-17-14/h2-4,7,13H,5-6,8-12H2,1H3. The molecule has 2 aliphatic heterocycles. The Morgan fingerprint density at radius 1 is 1.57 bits per heavy atom. The molecule has 0 saturated carbocycles. The van der Waals surface area contributed by atoms with Gasteiger partial charge in [-0.15, -0.1) is 0 Å². The van der Waals surface area contributed by atoms with Gasteiger partial charge in [0.05, 0.1) is 18.8 Å². The van der Waals surface area contributed by atoms with Crippen molar-refractivity contribution in [3.8, 4) is 0 Å². The number of rotatable bonds is 4. The van der Waals surface area contributed by atoms with Gasteiger partial charge in [-0.1, -0.05) is 6.07 Å². The highest BCUT2D eigenvalue weighted by Crippen LogP contribution is 2.39. The van der Waals surface area contributed by atoms with Crippen LogP contribution in [0, 0.1) is 5.92 Å². The number of ether oxygens (including phenoxy) is 2. The lowest BCUT2D eigenvalue weighted by molar-refractivity contribution is 0.0112. The summed E-state index contributed by atoms with van der Waals surface area (Å²) in [5.74, 6) is 0.561. The normalized spacial score (nSPS) is 28.4. The Balaban J connectivity index is 1.60. The lowest BCUT2D eigenvalue weighted by Crippen LogP contribution is -2.36. The minimum Gasteiger partial charge on any atom is -0.385 e. The summed E-state index contributed by atoms with van der Waals surface area (Å²) in [6, 6.07) is 5.44. The quantitative estimate of drug-likeness (QED) is 0.847. The van der Waals surface area contributed by atoms with E-state index in [4.69, 9.17) is 9.47 Å². The fourth-order valence-electron chi connectivity index (χ4n) is 3.36. The fraction of sp³-hybridized carbons (Fsp3) is 0.625. The molecule has 3 rings (SSSR count). The molecule has 1 spiro atoms. The number of aromatic nitrogens is 1. The van der Waals surface area contributed by atoms with Crippen molar-refractivity contribution in [2.24, 2.45) is 5.92 Å². The van der Waals surface area contributed by atoms with Crippen LogP contribution < -0.4 is 0 Å². The number of hydrogen-bond donors (Lipinski definition) is 0. The van der Waals surface area contributed by atoms with Crippen molar-refractivity contribution >= 4 is 5.91 Å². The number of nitrogens with zero attached hydrogens (tertiary/aromatic N) is 2. The number of carbonyl (C=O) groups is 1. The number of likely N-dealkylation sites (tertiary alicyclic amines) is 1. The number of methoxy groups -OCH3 is 1. The van der Waals surface area contributed by atoms with Crippen LogP contribution in [0.3, 0.4) is 0 Å². The van der Waals surface area contributed by atoms with Crippen LogP contribution in [0.2, 0.25) is 0 Å². The van der Waals surface area contributed by atoms with E-state index in [0.29, 0.717) is 18.2 Å². The van der Waals surface area contributed by atoms with Crippen LogP contribution in [-0.4, -0.2) is 54.8 Å². The van der Waals surface area contributed by atoms with Crippen LogP contribution in [0.15, 0.2) is 24.4 Å². The smallest absolute Gasteiger partial charge is 0.272 e. The molecule has 0 aromatic carbocycles. The van der Waals surface area contributed by atoms with Crippen LogP contribution in [0.5, 0.6) is 0 Å². The Morgan fingerprint density at radius 2 is 2.48 bits per heavy atom. The zero-order chi connectivity index (χ0) is 14.7. The van der Waals surface area contributed by atoms with Crippen molar-refractivity contribution in [2.75, 3.05) is 33.4 Å². The van der Waals surface area contributed by atoms with E-state index in [9.17, 15) is 4.79 Å². The lowest BCUT2D eigenvalue weighted by atomic mass is 9.92. The Kier molecular flexibility index (Phi) is 4.22. The van der Waals surface area contributed by atoms with E-state index in [1.807, 2.05) is 17.0 Å². The van der Waals surface area contributed by atoms with E-state index in [1.165, 1.54) is 0 Å². The van der Waals surface area contributed by atoms with Gasteiger partial charge in [0.2, 0.25) is 0 Å². The topological polar surface area (TPSA) is 51.7 Å². The van der Waals surface area contributed by atoms with E-state index >= 15 is 0 Å². The van der Waals surface area contributed by atoms with E-state index in [2.05, 4.69) is 4.98 Å². The third-order valence-electron chi connectivity index (χ3n) is 4.50. The maximum atomic E-state index is 12.4. The van der Waals surface area contributed by atoms with E-state index in [0.717, 1.165) is 39.0 Å². The summed E-state index contributed by atoms with van der Waals surface area (Å²) in [5.41, 5.74) is 0.381. The average Bonchev–Trinajstić information content (AvgIpc) is 3.13. The van der Waals surface area contributed by atoms with Gasteiger partial charge in [0, 0.05) is 26.5 Å². The second-order valence-corrected chi connectivity index (χ2v) is 6.04. The largest absolute Gasteiger partial charge is 0.385 e. The van der Waals surface area contributed by atoms with Gasteiger partial charge >= 0.3 is 0 Å². The van der Waals surface area contributed by atoms with Crippen molar-refractivity contribution in [1.82, 2.24) is 9.88 Å². The zero-order valence-corrected chi connectivity index (χ0v) is 12.5. The van der Waals surface area contributed by atoms with Gasteiger partial charge in [-0.2, -0.15) is 0 Å². The molecule has 5 heteroatoms. The van der Waals surface area contributed by atoms with Gasteiger partial charge in [-0.3, -0.25) is 9.78 Å². The predicted octanol–water partition coefficient (Wildman–Crippen LogP) is 1.74. The molecule has 0 aliphatic carbocycles. The second kappa shape index (κ2) is 6.12. The summed E-state index contributed by atoms with van der Waals surface area (Å²) in [7, 11) is 1.73. The number of pyridine rings is 1. The first-order valence-corrected chi connectivity index (χ1v) is 7.56. The molecule has 0 N–H and O–H groups in total. The Labute approximate surface area is 125 Å². The van der Waals surface area contributed by atoms with E-state index in [-0.39, 0.29) is 11.5 Å². The minimum absolute atomic E-state index is 0.0106. The van der Waals surface area contributed by atoms with Crippen LogP contribution in [-0.2, 0) is 9.47 Å². The molecule has 2 atom stereocenters. The van der Waals surface area contributed by atoms with Crippen LogP contribution in [0.1, 0.15) is 29.8 Å². The highest BCUT2D eigenvalue weighted by atomic mass is 16.5. The van der Waals surface area contributed by atoms with Crippen molar-refractivity contribution in [2.45, 2.75) is 24.9 Å². The molecule has 2 aliphatic rings. The van der Waals surface area contributed by atoms with Crippen molar-refractivity contribution in [3.05, 3.63) is 30.1 Å². The van der Waals surface area contributed by atoms with Crippen molar-refractivity contribution in [1.29, 1.82) is 0 Å². The molecule has 2 fully saturated rings. The van der Waals surface area contributed by atoms with Crippen molar-refractivity contribution < 1.29 is 14.3 Å². The Hall–Kier alpha value is -1.46. The van der Waals surface area contributed by atoms with Gasteiger partial charge in [-0.25, -0.2) is 0 Å². The predicted molar refractivity (Wildman–Crippen MR) is 78.0 cm³/mol. The molecule has 0 radical (unpaired) electrons. The summed E-state index contributed by atoms with van der Waals surface area (Å²) in [6.45, 7) is 3.01. The van der Waals surface area contributed by atoms with Gasteiger partial charge in [0.25, 0.3) is 5.91 Å². The Bertz CT molecular complexity index is 494. The van der Waals surface area contributed by atoms with Crippen molar-refractivity contribution in [3.63, 3.8) is 0 Å². The SMILES string of the molecule is COCCC1COC2(CCN(C(=O)c3ccccn3)C2)C1. The first-order valence-electron chi connectivity index (χ1n) is 7.56. The molecule has 5 nitrogen and oxygen atoms in total. The molecular weight excluding hydrogens is 268 g/mol. The van der Waals surface area contributed by atoms with E-state index < -0.39 is 0 Å². The van der Waals surface area contributed by atoms with Gasteiger partial charge in [0.1, 0.15) is 5.69 Å². The highest BCUT2D eigenvalue weighted by Gasteiger charge is 2.46.